The predicted octanol–water partition coefficient (Wildman–Crippen LogP) is 2.09. The molecule has 1 aliphatic rings. The van der Waals surface area contributed by atoms with Crippen LogP contribution in [0.3, 0.4) is 0 Å². The van der Waals surface area contributed by atoms with Gasteiger partial charge < -0.3 is 4.74 Å². The van der Waals surface area contributed by atoms with Crippen LogP contribution in [0, 0.1) is 0 Å². The summed E-state index contributed by atoms with van der Waals surface area (Å²) in [7, 11) is 0. The maximum Gasteiger partial charge on any atom is 0.522 e. The van der Waals surface area contributed by atoms with E-state index < -0.39 is 6.36 Å². The number of hydrogen-bond acceptors (Lipinski definition) is 2. The van der Waals surface area contributed by atoms with E-state index in [-0.39, 0.29) is 12.7 Å². The Labute approximate surface area is 68.6 Å². The van der Waals surface area contributed by atoms with Crippen LogP contribution in [0.15, 0.2) is 0 Å². The smallest absolute Gasteiger partial charge is 0.376 e. The fourth-order valence-electron chi connectivity index (χ4n) is 1.13. The molecule has 0 radical (unpaired) electrons. The lowest BCUT2D eigenvalue weighted by Crippen LogP contribution is -2.28. The quantitative estimate of drug-likeness (QED) is 0.654. The molecule has 1 fully saturated rings. The lowest BCUT2D eigenvalue weighted by atomic mass is 10.1. The average Bonchev–Trinajstić information content (AvgIpc) is 2.02. The first-order valence-electron chi connectivity index (χ1n) is 3.90. The van der Waals surface area contributed by atoms with Gasteiger partial charge in [-0.25, -0.2) is 0 Å². The molecule has 12 heavy (non-hydrogen) atoms. The van der Waals surface area contributed by atoms with Gasteiger partial charge in [-0.05, 0) is 19.3 Å². The Morgan fingerprint density at radius 1 is 1.33 bits per heavy atom. The van der Waals surface area contributed by atoms with E-state index in [1.807, 2.05) is 0 Å². The molecule has 0 N–H and O–H groups in total. The summed E-state index contributed by atoms with van der Waals surface area (Å²) in [6.45, 7) is 0.176. The zero-order chi connectivity index (χ0) is 9.03. The number of hydrogen-bond donors (Lipinski definition) is 0. The highest BCUT2D eigenvalue weighted by Gasteiger charge is 2.30. The van der Waals surface area contributed by atoms with Crippen molar-refractivity contribution in [2.75, 3.05) is 13.2 Å². The predicted molar refractivity (Wildman–Crippen MR) is 35.6 cm³/mol. The van der Waals surface area contributed by atoms with Crippen molar-refractivity contribution in [3.8, 4) is 0 Å². The molecule has 1 saturated heterocycles. The Bertz CT molecular complexity index is 129. The van der Waals surface area contributed by atoms with Crippen LogP contribution in [0.25, 0.3) is 0 Å². The summed E-state index contributed by atoms with van der Waals surface area (Å²) in [5, 5.41) is 0. The highest BCUT2D eigenvalue weighted by molar-refractivity contribution is 4.62. The minimum atomic E-state index is -4.53. The van der Waals surface area contributed by atoms with Gasteiger partial charge in [-0.3, -0.25) is 4.74 Å². The maximum absolute atomic E-state index is 11.5. The van der Waals surface area contributed by atoms with Crippen LogP contribution in [-0.2, 0) is 9.47 Å². The Kier molecular flexibility index (Phi) is 3.34. The monoisotopic (exact) mass is 184 g/mol. The fraction of sp³-hybridized carbons (Fsp3) is 1.00. The Morgan fingerprint density at radius 2 is 2.08 bits per heavy atom. The lowest BCUT2D eigenvalue weighted by Gasteiger charge is -2.22. The minimum Gasteiger partial charge on any atom is -0.376 e. The molecule has 1 heterocycles. The highest BCUT2D eigenvalue weighted by Crippen LogP contribution is 2.19. The van der Waals surface area contributed by atoms with Crippen LogP contribution >= 0.6 is 0 Å². The van der Waals surface area contributed by atoms with Gasteiger partial charge in [0.05, 0.1) is 12.7 Å². The summed E-state index contributed by atoms with van der Waals surface area (Å²) in [5.74, 6) is 0. The molecule has 0 aliphatic carbocycles. The molecule has 2 nitrogen and oxygen atoms in total. The summed E-state index contributed by atoms with van der Waals surface area (Å²) < 4.78 is 43.3. The Morgan fingerprint density at radius 3 is 2.58 bits per heavy atom. The molecule has 0 bridgehead atoms. The number of halogens is 3. The zero-order valence-electron chi connectivity index (χ0n) is 6.56. The van der Waals surface area contributed by atoms with Crippen molar-refractivity contribution in [2.24, 2.45) is 0 Å². The molecule has 0 amide bonds. The Balaban J connectivity index is 2.13. The first kappa shape index (κ1) is 9.80. The van der Waals surface area contributed by atoms with E-state index in [1.54, 1.807) is 0 Å². The molecule has 1 unspecified atom stereocenters. The largest absolute Gasteiger partial charge is 0.522 e. The molecule has 1 rings (SSSR count). The normalized spacial score (nSPS) is 25.8. The zero-order valence-corrected chi connectivity index (χ0v) is 6.56. The third-order valence-electron chi connectivity index (χ3n) is 1.71. The molecule has 0 spiro atoms. The standard InChI is InChI=1S/C7H11F3O2/c8-7(9,10)12-5-6-3-1-2-4-11-6/h6H,1-5H2. The Hall–Kier alpha value is -0.290. The molecule has 1 aliphatic heterocycles. The van der Waals surface area contributed by atoms with E-state index in [2.05, 4.69) is 4.74 Å². The van der Waals surface area contributed by atoms with E-state index in [4.69, 9.17) is 4.74 Å². The van der Waals surface area contributed by atoms with Crippen molar-refractivity contribution in [2.45, 2.75) is 31.7 Å². The van der Waals surface area contributed by atoms with Crippen molar-refractivity contribution >= 4 is 0 Å². The van der Waals surface area contributed by atoms with E-state index in [9.17, 15) is 13.2 Å². The first-order chi connectivity index (χ1) is 5.58. The van der Waals surface area contributed by atoms with Crippen molar-refractivity contribution in [3.63, 3.8) is 0 Å². The van der Waals surface area contributed by atoms with Gasteiger partial charge in [-0.1, -0.05) is 0 Å². The van der Waals surface area contributed by atoms with Gasteiger partial charge in [-0.2, -0.15) is 0 Å². The summed E-state index contributed by atoms with van der Waals surface area (Å²) in [6.07, 6.45) is -2.38. The van der Waals surface area contributed by atoms with Crippen molar-refractivity contribution in [1.82, 2.24) is 0 Å². The molecular weight excluding hydrogens is 173 g/mol. The summed E-state index contributed by atoms with van der Waals surface area (Å²) >= 11 is 0. The van der Waals surface area contributed by atoms with Gasteiger partial charge in [-0.15, -0.1) is 13.2 Å². The van der Waals surface area contributed by atoms with Crippen molar-refractivity contribution in [1.29, 1.82) is 0 Å². The minimum absolute atomic E-state index is 0.372. The lowest BCUT2D eigenvalue weighted by molar-refractivity contribution is -0.332. The topological polar surface area (TPSA) is 18.5 Å². The van der Waals surface area contributed by atoms with Crippen LogP contribution in [0.5, 0.6) is 0 Å². The maximum atomic E-state index is 11.5. The van der Waals surface area contributed by atoms with E-state index in [0.717, 1.165) is 12.8 Å². The number of alkyl halides is 3. The molecule has 1 atom stereocenters. The third-order valence-corrected chi connectivity index (χ3v) is 1.71. The van der Waals surface area contributed by atoms with E-state index in [0.29, 0.717) is 13.0 Å². The van der Waals surface area contributed by atoms with Gasteiger partial charge in [0.15, 0.2) is 0 Å². The second kappa shape index (κ2) is 4.09. The van der Waals surface area contributed by atoms with Crippen molar-refractivity contribution < 1.29 is 22.6 Å². The van der Waals surface area contributed by atoms with Gasteiger partial charge in [0, 0.05) is 6.61 Å². The summed E-state index contributed by atoms with van der Waals surface area (Å²) in [4.78, 5) is 0. The molecule has 0 aromatic carbocycles. The van der Waals surface area contributed by atoms with Crippen LogP contribution in [0.1, 0.15) is 19.3 Å². The van der Waals surface area contributed by atoms with Gasteiger partial charge >= 0.3 is 6.36 Å². The van der Waals surface area contributed by atoms with Crippen LogP contribution in [-0.4, -0.2) is 25.7 Å². The van der Waals surface area contributed by atoms with Gasteiger partial charge in [0.1, 0.15) is 0 Å². The molecular formula is C7H11F3O2. The average molecular weight is 184 g/mol. The van der Waals surface area contributed by atoms with Crippen LogP contribution in [0.4, 0.5) is 13.2 Å². The SMILES string of the molecule is FC(F)(F)OCC1CCCCO1. The molecule has 0 aromatic heterocycles. The molecule has 0 aromatic rings. The van der Waals surface area contributed by atoms with Crippen LogP contribution in [0.2, 0.25) is 0 Å². The summed E-state index contributed by atoms with van der Waals surface area (Å²) in [5.41, 5.74) is 0. The van der Waals surface area contributed by atoms with Crippen LogP contribution < -0.4 is 0 Å². The third kappa shape index (κ3) is 3.92. The first-order valence-corrected chi connectivity index (χ1v) is 3.90. The van der Waals surface area contributed by atoms with E-state index in [1.165, 1.54) is 0 Å². The molecule has 0 saturated carbocycles. The summed E-state index contributed by atoms with van der Waals surface area (Å²) in [6, 6.07) is 0. The van der Waals surface area contributed by atoms with E-state index >= 15 is 0 Å². The second-order valence-corrected chi connectivity index (χ2v) is 2.75. The highest BCUT2D eigenvalue weighted by atomic mass is 19.4. The van der Waals surface area contributed by atoms with Gasteiger partial charge in [0.25, 0.3) is 0 Å². The van der Waals surface area contributed by atoms with Crippen molar-refractivity contribution in [3.05, 3.63) is 0 Å². The number of ether oxygens (including phenoxy) is 2. The van der Waals surface area contributed by atoms with Gasteiger partial charge in [0.2, 0.25) is 0 Å². The number of rotatable bonds is 2. The fourth-order valence-corrected chi connectivity index (χ4v) is 1.13. The molecule has 5 heteroatoms. The second-order valence-electron chi connectivity index (χ2n) is 2.75. The molecule has 72 valence electrons.